The van der Waals surface area contributed by atoms with Crippen LogP contribution >= 0.6 is 0 Å². The SMILES string of the molecule is CN1CCC[C@@H](C(=O)N2CCC[C@H](O)C2)C1. The summed E-state index contributed by atoms with van der Waals surface area (Å²) in [6, 6.07) is 0. The first-order chi connectivity index (χ1) is 7.66. The van der Waals surface area contributed by atoms with Crippen LogP contribution in [0.1, 0.15) is 25.7 Å². The van der Waals surface area contributed by atoms with Crippen LogP contribution in [-0.4, -0.2) is 60.1 Å². The molecule has 4 heteroatoms. The van der Waals surface area contributed by atoms with Gasteiger partial charge in [-0.2, -0.15) is 0 Å². The van der Waals surface area contributed by atoms with E-state index in [1.54, 1.807) is 0 Å². The van der Waals surface area contributed by atoms with Gasteiger partial charge < -0.3 is 14.9 Å². The van der Waals surface area contributed by atoms with Gasteiger partial charge in [0, 0.05) is 19.6 Å². The third-order valence-electron chi connectivity index (χ3n) is 3.68. The predicted molar refractivity (Wildman–Crippen MR) is 62.0 cm³/mol. The second-order valence-electron chi connectivity index (χ2n) is 5.18. The molecule has 2 rings (SSSR count). The van der Waals surface area contributed by atoms with Gasteiger partial charge in [0.05, 0.1) is 12.0 Å². The highest BCUT2D eigenvalue weighted by atomic mass is 16.3. The summed E-state index contributed by atoms with van der Waals surface area (Å²) in [6.45, 7) is 3.35. The summed E-state index contributed by atoms with van der Waals surface area (Å²) in [6.07, 6.45) is 3.60. The molecule has 2 heterocycles. The maximum atomic E-state index is 12.2. The molecule has 2 aliphatic heterocycles. The number of piperidine rings is 2. The highest BCUT2D eigenvalue weighted by molar-refractivity contribution is 5.79. The summed E-state index contributed by atoms with van der Waals surface area (Å²) in [5, 5.41) is 9.57. The number of carbonyl (C=O) groups excluding carboxylic acids is 1. The smallest absolute Gasteiger partial charge is 0.227 e. The maximum Gasteiger partial charge on any atom is 0.227 e. The summed E-state index contributed by atoms with van der Waals surface area (Å²) in [5.74, 6) is 0.411. The number of β-amino-alcohol motifs (C(OH)–C–C–N with tert-alkyl or cyclic N) is 1. The van der Waals surface area contributed by atoms with E-state index in [2.05, 4.69) is 11.9 Å². The predicted octanol–water partition coefficient (Wildman–Crippen LogP) is 0.311. The lowest BCUT2D eigenvalue weighted by atomic mass is 9.95. The van der Waals surface area contributed by atoms with Crippen LogP contribution in [0.4, 0.5) is 0 Å². The van der Waals surface area contributed by atoms with Gasteiger partial charge in [0.15, 0.2) is 0 Å². The van der Waals surface area contributed by atoms with Crippen LogP contribution in [0.2, 0.25) is 0 Å². The van der Waals surface area contributed by atoms with Gasteiger partial charge in [-0.05, 0) is 39.3 Å². The van der Waals surface area contributed by atoms with E-state index in [9.17, 15) is 9.90 Å². The Hall–Kier alpha value is -0.610. The minimum Gasteiger partial charge on any atom is -0.391 e. The molecule has 2 atom stereocenters. The van der Waals surface area contributed by atoms with Crippen molar-refractivity contribution in [1.29, 1.82) is 0 Å². The molecule has 4 nitrogen and oxygen atoms in total. The Kier molecular flexibility index (Phi) is 3.82. The normalized spacial score (nSPS) is 32.8. The fraction of sp³-hybridized carbons (Fsp3) is 0.917. The van der Waals surface area contributed by atoms with Crippen LogP contribution in [0.25, 0.3) is 0 Å². The summed E-state index contributed by atoms with van der Waals surface area (Å²) < 4.78 is 0. The van der Waals surface area contributed by atoms with Gasteiger partial charge in [0.1, 0.15) is 0 Å². The fourth-order valence-corrected chi connectivity index (χ4v) is 2.78. The van der Waals surface area contributed by atoms with Gasteiger partial charge in [-0.1, -0.05) is 0 Å². The molecule has 92 valence electrons. The minimum atomic E-state index is -0.306. The van der Waals surface area contributed by atoms with Crippen molar-refractivity contribution in [3.05, 3.63) is 0 Å². The number of aliphatic hydroxyl groups excluding tert-OH is 1. The standard InChI is InChI=1S/C12H22N2O2/c1-13-6-2-4-10(8-13)12(16)14-7-3-5-11(15)9-14/h10-11,15H,2-9H2,1H3/t10-,11+/m1/s1. The molecule has 0 unspecified atom stereocenters. The zero-order valence-corrected chi connectivity index (χ0v) is 10.1. The average molecular weight is 226 g/mol. The van der Waals surface area contributed by atoms with Crippen LogP contribution in [0.15, 0.2) is 0 Å². The molecular formula is C12H22N2O2. The van der Waals surface area contributed by atoms with Crippen LogP contribution < -0.4 is 0 Å². The number of hydrogen-bond acceptors (Lipinski definition) is 3. The van der Waals surface area contributed by atoms with Crippen molar-refractivity contribution >= 4 is 5.91 Å². The lowest BCUT2D eigenvalue weighted by Crippen LogP contribution is -2.48. The Morgan fingerprint density at radius 3 is 2.62 bits per heavy atom. The van der Waals surface area contributed by atoms with Gasteiger partial charge in [-0.3, -0.25) is 4.79 Å². The van der Waals surface area contributed by atoms with Crippen LogP contribution in [0.3, 0.4) is 0 Å². The molecule has 1 N–H and O–H groups in total. The molecule has 0 saturated carbocycles. The lowest BCUT2D eigenvalue weighted by molar-refractivity contribution is -0.140. The monoisotopic (exact) mass is 226 g/mol. The molecule has 0 aromatic heterocycles. The summed E-state index contributed by atoms with van der Waals surface area (Å²) in [7, 11) is 2.07. The number of aliphatic hydroxyl groups is 1. The Morgan fingerprint density at radius 1 is 1.19 bits per heavy atom. The van der Waals surface area contributed by atoms with Crippen molar-refractivity contribution in [2.75, 3.05) is 33.2 Å². The summed E-state index contributed by atoms with van der Waals surface area (Å²) >= 11 is 0. The lowest BCUT2D eigenvalue weighted by Gasteiger charge is -2.36. The average Bonchev–Trinajstić information content (AvgIpc) is 2.28. The van der Waals surface area contributed by atoms with E-state index < -0.39 is 0 Å². The largest absolute Gasteiger partial charge is 0.391 e. The molecule has 2 saturated heterocycles. The van der Waals surface area contributed by atoms with E-state index in [0.29, 0.717) is 6.54 Å². The topological polar surface area (TPSA) is 43.8 Å². The van der Waals surface area contributed by atoms with E-state index >= 15 is 0 Å². The molecular weight excluding hydrogens is 204 g/mol. The zero-order valence-electron chi connectivity index (χ0n) is 10.1. The van der Waals surface area contributed by atoms with Crippen molar-refractivity contribution in [3.8, 4) is 0 Å². The number of rotatable bonds is 1. The highest BCUT2D eigenvalue weighted by Crippen LogP contribution is 2.20. The Morgan fingerprint density at radius 2 is 1.94 bits per heavy atom. The van der Waals surface area contributed by atoms with Gasteiger partial charge in [0.25, 0.3) is 0 Å². The Bertz CT molecular complexity index is 233. The van der Waals surface area contributed by atoms with Gasteiger partial charge >= 0.3 is 0 Å². The summed E-state index contributed by atoms with van der Waals surface area (Å²) in [5.41, 5.74) is 0. The fourth-order valence-electron chi connectivity index (χ4n) is 2.78. The first-order valence-corrected chi connectivity index (χ1v) is 6.32. The molecule has 0 aromatic rings. The highest BCUT2D eigenvalue weighted by Gasteiger charge is 2.30. The third kappa shape index (κ3) is 2.74. The quantitative estimate of drug-likeness (QED) is 0.700. The number of amides is 1. The van der Waals surface area contributed by atoms with Crippen molar-refractivity contribution in [1.82, 2.24) is 9.80 Å². The van der Waals surface area contributed by atoms with Gasteiger partial charge in [-0.25, -0.2) is 0 Å². The van der Waals surface area contributed by atoms with Crippen molar-refractivity contribution in [3.63, 3.8) is 0 Å². The van der Waals surface area contributed by atoms with Crippen molar-refractivity contribution in [2.24, 2.45) is 5.92 Å². The van der Waals surface area contributed by atoms with Gasteiger partial charge in [-0.15, -0.1) is 0 Å². The Balaban J connectivity index is 1.90. The molecule has 16 heavy (non-hydrogen) atoms. The molecule has 0 aliphatic carbocycles. The molecule has 0 aromatic carbocycles. The maximum absolute atomic E-state index is 12.2. The second-order valence-corrected chi connectivity index (χ2v) is 5.18. The van der Waals surface area contributed by atoms with Crippen molar-refractivity contribution in [2.45, 2.75) is 31.8 Å². The van der Waals surface area contributed by atoms with E-state index in [1.165, 1.54) is 0 Å². The molecule has 2 fully saturated rings. The van der Waals surface area contributed by atoms with E-state index in [4.69, 9.17) is 0 Å². The van der Waals surface area contributed by atoms with E-state index in [0.717, 1.165) is 45.3 Å². The molecule has 0 radical (unpaired) electrons. The van der Waals surface area contributed by atoms with Crippen LogP contribution in [0.5, 0.6) is 0 Å². The van der Waals surface area contributed by atoms with E-state index in [1.807, 2.05) is 4.90 Å². The number of hydrogen-bond donors (Lipinski definition) is 1. The van der Waals surface area contributed by atoms with Gasteiger partial charge in [0.2, 0.25) is 5.91 Å². The Labute approximate surface area is 97.2 Å². The molecule has 1 amide bonds. The van der Waals surface area contributed by atoms with Crippen LogP contribution in [0, 0.1) is 5.92 Å². The first kappa shape index (κ1) is 11.9. The molecule has 2 aliphatic rings. The number of nitrogens with zero attached hydrogens (tertiary/aromatic N) is 2. The number of carbonyl (C=O) groups is 1. The summed E-state index contributed by atoms with van der Waals surface area (Å²) in [4.78, 5) is 16.3. The minimum absolute atomic E-state index is 0.157. The number of likely N-dealkylation sites (tertiary alicyclic amines) is 2. The van der Waals surface area contributed by atoms with E-state index in [-0.39, 0.29) is 17.9 Å². The van der Waals surface area contributed by atoms with Crippen LogP contribution in [-0.2, 0) is 4.79 Å². The third-order valence-corrected chi connectivity index (χ3v) is 3.68. The molecule has 0 bridgehead atoms. The second kappa shape index (κ2) is 5.15. The molecule has 0 spiro atoms. The zero-order chi connectivity index (χ0) is 11.5. The first-order valence-electron chi connectivity index (χ1n) is 6.32. The van der Waals surface area contributed by atoms with Crippen molar-refractivity contribution < 1.29 is 9.90 Å².